The first kappa shape index (κ1) is 13.9. The quantitative estimate of drug-likeness (QED) is 0.905. The molecule has 0 amide bonds. The van der Waals surface area contributed by atoms with Gasteiger partial charge in [-0.15, -0.1) is 0 Å². The summed E-state index contributed by atoms with van der Waals surface area (Å²) in [6.45, 7) is 6.56. The van der Waals surface area contributed by atoms with E-state index in [-0.39, 0.29) is 12.0 Å². The van der Waals surface area contributed by atoms with Crippen molar-refractivity contribution in [2.45, 2.75) is 26.0 Å². The van der Waals surface area contributed by atoms with Crippen molar-refractivity contribution in [2.24, 2.45) is 5.92 Å². The van der Waals surface area contributed by atoms with Gasteiger partial charge in [0.05, 0.1) is 6.10 Å². The maximum atomic E-state index is 10.4. The molecule has 0 spiro atoms. The third kappa shape index (κ3) is 3.50. The van der Waals surface area contributed by atoms with E-state index in [0.717, 1.165) is 18.7 Å². The average Bonchev–Trinajstić information content (AvgIpc) is 2.41. The third-order valence-corrected chi connectivity index (χ3v) is 4.90. The molecule has 3 atom stereocenters. The number of benzene rings is 1. The molecular formula is C15H23NOS. The number of rotatable bonds is 4. The molecule has 1 aromatic carbocycles. The fraction of sp³-hybridized carbons (Fsp3) is 0.600. The number of nitrogens with zero attached hydrogens (tertiary/aromatic N) is 1. The standard InChI is InChI=1S/C15H23NOS/c1-12(10-16-8-9-18-11-13(16)2)15(17)14-6-4-3-5-7-14/h3-7,12-13,15,17H,8-11H2,1-2H3. The molecule has 0 aliphatic carbocycles. The van der Waals surface area contributed by atoms with Gasteiger partial charge in [-0.25, -0.2) is 0 Å². The Morgan fingerprint density at radius 1 is 1.39 bits per heavy atom. The highest BCUT2D eigenvalue weighted by Crippen LogP contribution is 2.25. The molecule has 0 aromatic heterocycles. The van der Waals surface area contributed by atoms with Crippen LogP contribution in [-0.2, 0) is 0 Å². The predicted molar refractivity (Wildman–Crippen MR) is 78.9 cm³/mol. The van der Waals surface area contributed by atoms with Gasteiger partial charge in [0, 0.05) is 30.6 Å². The summed E-state index contributed by atoms with van der Waals surface area (Å²) >= 11 is 2.03. The molecule has 3 unspecified atom stereocenters. The number of aliphatic hydroxyl groups is 1. The molecule has 0 bridgehead atoms. The molecule has 1 aliphatic rings. The van der Waals surface area contributed by atoms with Crippen LogP contribution < -0.4 is 0 Å². The van der Waals surface area contributed by atoms with E-state index in [1.54, 1.807) is 0 Å². The molecule has 2 nitrogen and oxygen atoms in total. The van der Waals surface area contributed by atoms with Crippen molar-refractivity contribution in [1.29, 1.82) is 0 Å². The molecule has 1 heterocycles. The lowest BCUT2D eigenvalue weighted by molar-refractivity contribution is 0.0804. The Balaban J connectivity index is 1.93. The Hall–Kier alpha value is -0.510. The molecule has 1 saturated heterocycles. The van der Waals surface area contributed by atoms with E-state index < -0.39 is 0 Å². The van der Waals surface area contributed by atoms with Crippen LogP contribution >= 0.6 is 11.8 Å². The van der Waals surface area contributed by atoms with Crippen molar-refractivity contribution in [3.63, 3.8) is 0 Å². The summed E-state index contributed by atoms with van der Waals surface area (Å²) in [4.78, 5) is 2.51. The molecule has 1 N–H and O–H groups in total. The van der Waals surface area contributed by atoms with Crippen LogP contribution in [-0.4, -0.2) is 40.6 Å². The summed E-state index contributed by atoms with van der Waals surface area (Å²) in [5, 5.41) is 10.4. The first-order valence-corrected chi connectivity index (χ1v) is 7.88. The van der Waals surface area contributed by atoms with E-state index in [2.05, 4.69) is 18.7 Å². The van der Waals surface area contributed by atoms with Crippen LogP contribution in [0.1, 0.15) is 25.5 Å². The molecule has 3 heteroatoms. The van der Waals surface area contributed by atoms with E-state index >= 15 is 0 Å². The largest absolute Gasteiger partial charge is 0.388 e. The second kappa shape index (κ2) is 6.60. The summed E-state index contributed by atoms with van der Waals surface area (Å²) in [6, 6.07) is 10.6. The SMILES string of the molecule is CC(CN1CCSCC1C)C(O)c1ccccc1. The van der Waals surface area contributed by atoms with Gasteiger partial charge in [-0.1, -0.05) is 37.3 Å². The van der Waals surface area contributed by atoms with Crippen molar-refractivity contribution in [3.8, 4) is 0 Å². The molecular weight excluding hydrogens is 242 g/mol. The number of hydrogen-bond acceptors (Lipinski definition) is 3. The van der Waals surface area contributed by atoms with Crippen molar-refractivity contribution >= 4 is 11.8 Å². The number of thioether (sulfide) groups is 1. The minimum Gasteiger partial charge on any atom is -0.388 e. The Morgan fingerprint density at radius 2 is 2.11 bits per heavy atom. The Bertz CT molecular complexity index is 357. The van der Waals surface area contributed by atoms with Crippen molar-refractivity contribution in [3.05, 3.63) is 35.9 Å². The summed E-state index contributed by atoms with van der Waals surface area (Å²) in [5.41, 5.74) is 1.03. The predicted octanol–water partition coefficient (Wildman–Crippen LogP) is 2.79. The van der Waals surface area contributed by atoms with E-state index in [9.17, 15) is 5.11 Å². The van der Waals surface area contributed by atoms with E-state index in [0.29, 0.717) is 6.04 Å². The number of hydrogen-bond donors (Lipinski definition) is 1. The van der Waals surface area contributed by atoms with Gasteiger partial charge in [-0.3, -0.25) is 4.90 Å². The van der Waals surface area contributed by atoms with E-state index in [1.165, 1.54) is 11.5 Å². The lowest BCUT2D eigenvalue weighted by Crippen LogP contribution is -2.43. The zero-order valence-corrected chi connectivity index (χ0v) is 12.1. The summed E-state index contributed by atoms with van der Waals surface area (Å²) in [5.74, 6) is 2.71. The monoisotopic (exact) mass is 265 g/mol. The van der Waals surface area contributed by atoms with Crippen LogP contribution in [0, 0.1) is 5.92 Å². The van der Waals surface area contributed by atoms with Gasteiger partial charge in [0.25, 0.3) is 0 Å². The highest BCUT2D eigenvalue weighted by atomic mass is 32.2. The normalized spacial score (nSPS) is 24.7. The molecule has 1 fully saturated rings. The van der Waals surface area contributed by atoms with Gasteiger partial charge in [0.15, 0.2) is 0 Å². The van der Waals surface area contributed by atoms with Crippen LogP contribution in [0.5, 0.6) is 0 Å². The van der Waals surface area contributed by atoms with Gasteiger partial charge < -0.3 is 5.11 Å². The minimum absolute atomic E-state index is 0.276. The van der Waals surface area contributed by atoms with Crippen molar-refractivity contribution < 1.29 is 5.11 Å². The highest BCUT2D eigenvalue weighted by Gasteiger charge is 2.24. The summed E-state index contributed by atoms with van der Waals surface area (Å²) in [6.07, 6.45) is -0.354. The van der Waals surface area contributed by atoms with E-state index in [1.807, 2.05) is 42.1 Å². The van der Waals surface area contributed by atoms with Crippen molar-refractivity contribution in [2.75, 3.05) is 24.6 Å². The molecule has 2 rings (SSSR count). The lowest BCUT2D eigenvalue weighted by Gasteiger charge is -2.36. The molecule has 1 aromatic rings. The van der Waals surface area contributed by atoms with Crippen LogP contribution in [0.25, 0.3) is 0 Å². The zero-order valence-electron chi connectivity index (χ0n) is 11.2. The smallest absolute Gasteiger partial charge is 0.0827 e. The maximum absolute atomic E-state index is 10.4. The van der Waals surface area contributed by atoms with Crippen LogP contribution in [0.4, 0.5) is 0 Å². The number of aliphatic hydroxyl groups excluding tert-OH is 1. The minimum atomic E-state index is -0.354. The molecule has 1 aliphatic heterocycles. The van der Waals surface area contributed by atoms with Gasteiger partial charge >= 0.3 is 0 Å². The van der Waals surface area contributed by atoms with Gasteiger partial charge in [0.2, 0.25) is 0 Å². The third-order valence-electron chi connectivity index (χ3n) is 3.71. The second-order valence-electron chi connectivity index (χ2n) is 5.25. The zero-order chi connectivity index (χ0) is 13.0. The molecule has 0 saturated carbocycles. The Kier molecular flexibility index (Phi) is 5.10. The summed E-state index contributed by atoms with van der Waals surface area (Å²) < 4.78 is 0. The maximum Gasteiger partial charge on any atom is 0.0827 e. The lowest BCUT2D eigenvalue weighted by atomic mass is 9.96. The average molecular weight is 265 g/mol. The van der Waals surface area contributed by atoms with E-state index in [4.69, 9.17) is 0 Å². The fourth-order valence-corrected chi connectivity index (χ4v) is 3.56. The van der Waals surface area contributed by atoms with Gasteiger partial charge in [-0.05, 0) is 18.4 Å². The van der Waals surface area contributed by atoms with Crippen LogP contribution in [0.2, 0.25) is 0 Å². The fourth-order valence-electron chi connectivity index (χ4n) is 2.48. The van der Waals surface area contributed by atoms with Crippen LogP contribution in [0.15, 0.2) is 30.3 Å². The second-order valence-corrected chi connectivity index (χ2v) is 6.40. The Labute approximate surface area is 114 Å². The first-order chi connectivity index (χ1) is 8.68. The molecule has 18 heavy (non-hydrogen) atoms. The topological polar surface area (TPSA) is 23.5 Å². The first-order valence-electron chi connectivity index (χ1n) is 6.73. The van der Waals surface area contributed by atoms with Gasteiger partial charge in [-0.2, -0.15) is 11.8 Å². The molecule has 0 radical (unpaired) electrons. The molecule has 100 valence electrons. The summed E-state index contributed by atoms with van der Waals surface area (Å²) in [7, 11) is 0. The van der Waals surface area contributed by atoms with Crippen molar-refractivity contribution in [1.82, 2.24) is 4.90 Å². The van der Waals surface area contributed by atoms with Gasteiger partial charge in [0.1, 0.15) is 0 Å². The Morgan fingerprint density at radius 3 is 2.78 bits per heavy atom. The highest BCUT2D eigenvalue weighted by molar-refractivity contribution is 7.99. The van der Waals surface area contributed by atoms with Crippen LogP contribution in [0.3, 0.4) is 0 Å².